The Morgan fingerprint density at radius 2 is 2.00 bits per heavy atom. The molecule has 0 fully saturated rings. The van der Waals surface area contributed by atoms with Crippen molar-refractivity contribution in [2.75, 3.05) is 11.5 Å². The minimum Gasteiger partial charge on any atom is -0.384 e. The van der Waals surface area contributed by atoms with Crippen molar-refractivity contribution in [3.05, 3.63) is 64.7 Å². The lowest BCUT2D eigenvalue weighted by Crippen LogP contribution is -2.43. The molecule has 0 radical (unpaired) electrons. The number of fused-ring (bicyclic) bond motifs is 1. The molecule has 1 aliphatic heterocycles. The first-order valence-corrected chi connectivity index (χ1v) is 9.01. The monoisotopic (exact) mass is 371 g/mol. The van der Waals surface area contributed by atoms with Gasteiger partial charge in [0.2, 0.25) is 0 Å². The number of amides is 1. The zero-order valence-electron chi connectivity index (χ0n) is 14.7. The Morgan fingerprint density at radius 3 is 2.81 bits per heavy atom. The summed E-state index contributed by atoms with van der Waals surface area (Å²) in [5.74, 6) is 0.150. The highest BCUT2D eigenvalue weighted by molar-refractivity contribution is 6.31. The lowest BCUT2D eigenvalue weighted by atomic mass is 9.96. The van der Waals surface area contributed by atoms with Gasteiger partial charge in [-0.05, 0) is 43.0 Å². The van der Waals surface area contributed by atoms with Crippen LogP contribution in [0.1, 0.15) is 24.5 Å². The molecular formula is C20H22ClN3O2. The van der Waals surface area contributed by atoms with Gasteiger partial charge in [0.15, 0.2) is 6.61 Å². The number of hydrogen-bond donors (Lipinski definition) is 1. The van der Waals surface area contributed by atoms with E-state index in [2.05, 4.69) is 11.2 Å². The summed E-state index contributed by atoms with van der Waals surface area (Å²) < 4.78 is 0. The summed E-state index contributed by atoms with van der Waals surface area (Å²) in [7, 11) is 0. The van der Waals surface area contributed by atoms with Crippen molar-refractivity contribution >= 4 is 29.0 Å². The van der Waals surface area contributed by atoms with Crippen LogP contribution < -0.4 is 10.6 Å². The fraction of sp³-hybridized carbons (Fsp3) is 0.300. The Bertz CT molecular complexity index is 822. The Kier molecular flexibility index (Phi) is 5.78. The molecule has 1 aliphatic rings. The average Bonchev–Trinajstić information content (AvgIpc) is 2.63. The van der Waals surface area contributed by atoms with Crippen LogP contribution in [0.2, 0.25) is 5.02 Å². The van der Waals surface area contributed by atoms with Crippen LogP contribution >= 0.6 is 11.6 Å². The van der Waals surface area contributed by atoms with Crippen molar-refractivity contribution in [3.8, 4) is 0 Å². The normalized spacial score (nSPS) is 16.9. The van der Waals surface area contributed by atoms with Crippen LogP contribution in [0.3, 0.4) is 0 Å². The molecule has 0 bridgehead atoms. The molecule has 0 saturated carbocycles. The van der Waals surface area contributed by atoms with E-state index < -0.39 is 0 Å². The van der Waals surface area contributed by atoms with Crippen molar-refractivity contribution in [1.29, 1.82) is 0 Å². The third kappa shape index (κ3) is 4.17. The van der Waals surface area contributed by atoms with Crippen molar-refractivity contribution in [2.45, 2.75) is 32.2 Å². The number of rotatable bonds is 5. The van der Waals surface area contributed by atoms with E-state index in [1.807, 2.05) is 43.3 Å². The van der Waals surface area contributed by atoms with Crippen LogP contribution in [0.4, 0.5) is 5.69 Å². The Balaban J connectivity index is 1.61. The number of nitrogens with two attached hydrogens (primary N) is 1. The molecular weight excluding hydrogens is 350 g/mol. The number of para-hydroxylation sites is 1. The highest BCUT2D eigenvalue weighted by atomic mass is 35.5. The smallest absolute Gasteiger partial charge is 0.268 e. The first-order valence-electron chi connectivity index (χ1n) is 8.64. The standard InChI is InChI=1S/C20H22ClN3O2/c1-14-10-11-15-6-3-5-9-18(15)24(14)20(25)13-26-23-19(22)12-16-7-2-4-8-17(16)21/h2-9,14H,10-13H2,1H3,(H2,22,23)/t14-/m1/s1. The summed E-state index contributed by atoms with van der Waals surface area (Å²) in [6.07, 6.45) is 2.28. The molecule has 2 aromatic carbocycles. The predicted octanol–water partition coefficient (Wildman–Crippen LogP) is 3.54. The van der Waals surface area contributed by atoms with E-state index in [0.717, 1.165) is 24.1 Å². The lowest BCUT2D eigenvalue weighted by Gasteiger charge is -2.34. The van der Waals surface area contributed by atoms with Crippen molar-refractivity contribution in [2.24, 2.45) is 10.9 Å². The summed E-state index contributed by atoms with van der Waals surface area (Å²) in [6.45, 7) is 1.89. The Hall–Kier alpha value is -2.53. The molecule has 26 heavy (non-hydrogen) atoms. The van der Waals surface area contributed by atoms with E-state index in [1.165, 1.54) is 5.56 Å². The highest BCUT2D eigenvalue weighted by Gasteiger charge is 2.28. The molecule has 5 nitrogen and oxygen atoms in total. The summed E-state index contributed by atoms with van der Waals surface area (Å²) in [6, 6.07) is 15.5. The Labute approximate surface area is 158 Å². The first-order chi connectivity index (χ1) is 12.6. The van der Waals surface area contributed by atoms with Gasteiger partial charge in [-0.2, -0.15) is 0 Å². The van der Waals surface area contributed by atoms with Crippen LogP contribution in [-0.4, -0.2) is 24.4 Å². The minimum absolute atomic E-state index is 0.126. The van der Waals surface area contributed by atoms with Gasteiger partial charge in [0, 0.05) is 23.2 Å². The number of nitrogens with zero attached hydrogens (tertiary/aromatic N) is 2. The molecule has 3 rings (SSSR count). The summed E-state index contributed by atoms with van der Waals surface area (Å²) >= 11 is 6.11. The molecule has 1 atom stereocenters. The van der Waals surface area contributed by atoms with E-state index in [1.54, 1.807) is 11.0 Å². The third-order valence-corrected chi connectivity index (χ3v) is 4.86. The van der Waals surface area contributed by atoms with E-state index in [0.29, 0.717) is 11.4 Å². The number of anilines is 1. The van der Waals surface area contributed by atoms with Gasteiger partial charge in [-0.25, -0.2) is 0 Å². The zero-order valence-corrected chi connectivity index (χ0v) is 15.4. The summed E-state index contributed by atoms with van der Waals surface area (Å²) in [5, 5.41) is 4.49. The second kappa shape index (κ2) is 8.23. The molecule has 0 spiro atoms. The molecule has 0 aliphatic carbocycles. The van der Waals surface area contributed by atoms with Gasteiger partial charge < -0.3 is 15.5 Å². The number of oxime groups is 1. The number of carbonyl (C=O) groups excluding carboxylic acids is 1. The molecule has 1 heterocycles. The molecule has 1 amide bonds. The largest absolute Gasteiger partial charge is 0.384 e. The van der Waals surface area contributed by atoms with E-state index in [9.17, 15) is 4.79 Å². The van der Waals surface area contributed by atoms with Gasteiger partial charge in [-0.3, -0.25) is 4.79 Å². The SMILES string of the molecule is C[C@@H]1CCc2ccccc2N1C(=O)CO/N=C(\N)Cc1ccccc1Cl. The number of aryl methyl sites for hydroxylation is 1. The predicted molar refractivity (Wildman–Crippen MR) is 104 cm³/mol. The fourth-order valence-corrected chi connectivity index (χ4v) is 3.38. The number of carbonyl (C=O) groups is 1. The van der Waals surface area contributed by atoms with E-state index >= 15 is 0 Å². The van der Waals surface area contributed by atoms with Crippen molar-refractivity contribution < 1.29 is 9.63 Å². The van der Waals surface area contributed by atoms with Gasteiger partial charge in [-0.15, -0.1) is 0 Å². The van der Waals surface area contributed by atoms with Gasteiger partial charge in [0.25, 0.3) is 5.91 Å². The van der Waals surface area contributed by atoms with Crippen LogP contribution in [0, 0.1) is 0 Å². The van der Waals surface area contributed by atoms with Gasteiger partial charge >= 0.3 is 0 Å². The van der Waals surface area contributed by atoms with Crippen LogP contribution in [0.15, 0.2) is 53.7 Å². The summed E-state index contributed by atoms with van der Waals surface area (Å²) in [4.78, 5) is 19.6. The van der Waals surface area contributed by atoms with Crippen LogP contribution in [0.5, 0.6) is 0 Å². The fourth-order valence-electron chi connectivity index (χ4n) is 3.18. The first kappa shape index (κ1) is 18.3. The van der Waals surface area contributed by atoms with Crippen molar-refractivity contribution in [3.63, 3.8) is 0 Å². The molecule has 6 heteroatoms. The van der Waals surface area contributed by atoms with E-state index in [-0.39, 0.29) is 24.4 Å². The van der Waals surface area contributed by atoms with Crippen LogP contribution in [0.25, 0.3) is 0 Å². The molecule has 136 valence electrons. The van der Waals surface area contributed by atoms with Gasteiger partial charge in [0.1, 0.15) is 5.84 Å². The van der Waals surface area contributed by atoms with Crippen molar-refractivity contribution in [1.82, 2.24) is 0 Å². The topological polar surface area (TPSA) is 67.9 Å². The number of hydrogen-bond acceptors (Lipinski definition) is 3. The quantitative estimate of drug-likeness (QED) is 0.496. The minimum atomic E-state index is -0.151. The summed E-state index contributed by atoms with van der Waals surface area (Å²) in [5.41, 5.74) is 8.88. The molecule has 2 aromatic rings. The molecule has 0 saturated heterocycles. The highest BCUT2D eigenvalue weighted by Crippen LogP contribution is 2.30. The molecule has 0 unspecified atom stereocenters. The second-order valence-electron chi connectivity index (χ2n) is 6.40. The maximum Gasteiger partial charge on any atom is 0.268 e. The second-order valence-corrected chi connectivity index (χ2v) is 6.81. The molecule has 2 N–H and O–H groups in total. The number of benzene rings is 2. The number of halogens is 1. The molecule has 0 aromatic heterocycles. The van der Waals surface area contributed by atoms with Gasteiger partial charge in [0.05, 0.1) is 0 Å². The lowest BCUT2D eigenvalue weighted by molar-refractivity contribution is -0.123. The van der Waals surface area contributed by atoms with Gasteiger partial charge in [-0.1, -0.05) is 53.2 Å². The number of amidine groups is 1. The third-order valence-electron chi connectivity index (χ3n) is 4.49. The maximum atomic E-state index is 12.6. The zero-order chi connectivity index (χ0) is 18.5. The van der Waals surface area contributed by atoms with Crippen LogP contribution in [-0.2, 0) is 22.5 Å². The maximum absolute atomic E-state index is 12.6. The van der Waals surface area contributed by atoms with E-state index in [4.69, 9.17) is 22.2 Å². The average molecular weight is 372 g/mol. The Morgan fingerprint density at radius 1 is 1.27 bits per heavy atom.